The number of aromatic nitrogens is 1. The van der Waals surface area contributed by atoms with Gasteiger partial charge in [-0.25, -0.2) is 9.78 Å². The van der Waals surface area contributed by atoms with Crippen LogP contribution >= 0.6 is 11.3 Å². The van der Waals surface area contributed by atoms with Crippen LogP contribution in [0, 0.1) is 5.92 Å². The van der Waals surface area contributed by atoms with Crippen molar-refractivity contribution >= 4 is 28.5 Å². The number of thiazole rings is 1. The maximum absolute atomic E-state index is 12.2. The van der Waals surface area contributed by atoms with Crippen molar-refractivity contribution in [3.05, 3.63) is 11.1 Å². The zero-order valence-corrected chi connectivity index (χ0v) is 13.4. The van der Waals surface area contributed by atoms with E-state index in [1.165, 1.54) is 11.3 Å². The number of likely N-dealkylation sites (tertiary alicyclic amines) is 1. The number of aliphatic carboxylic acids is 1. The minimum Gasteiger partial charge on any atom is -0.481 e. The average Bonchev–Trinajstić information content (AvgIpc) is 2.87. The Bertz CT molecular complexity index is 536. The summed E-state index contributed by atoms with van der Waals surface area (Å²) in [6, 6.07) is -0.268. The highest BCUT2D eigenvalue weighted by atomic mass is 32.1. The number of carbonyl (C=O) groups is 2. The molecule has 1 atom stereocenters. The predicted octanol–water partition coefficient (Wildman–Crippen LogP) is 2.77. The summed E-state index contributed by atoms with van der Waals surface area (Å²) in [6.07, 6.45) is 3.12. The van der Waals surface area contributed by atoms with Crippen LogP contribution in [0.25, 0.3) is 0 Å². The van der Waals surface area contributed by atoms with Gasteiger partial charge < -0.3 is 10.0 Å². The SMILES string of the molecule is CC(C)(C)c1cnc(NC(=O)N2CCCC(C(=O)O)C2)s1. The number of hydrogen-bond acceptors (Lipinski definition) is 4. The number of hydrogen-bond donors (Lipinski definition) is 2. The topological polar surface area (TPSA) is 82.5 Å². The van der Waals surface area contributed by atoms with Gasteiger partial charge in [-0.2, -0.15) is 0 Å². The fourth-order valence-electron chi connectivity index (χ4n) is 2.21. The van der Waals surface area contributed by atoms with Gasteiger partial charge in [-0.15, -0.1) is 11.3 Å². The van der Waals surface area contributed by atoms with Crippen molar-refractivity contribution in [2.75, 3.05) is 18.4 Å². The summed E-state index contributed by atoms with van der Waals surface area (Å²) < 4.78 is 0. The molecule has 2 amide bonds. The quantitative estimate of drug-likeness (QED) is 0.880. The van der Waals surface area contributed by atoms with Gasteiger partial charge in [0.05, 0.1) is 5.92 Å². The Labute approximate surface area is 128 Å². The van der Waals surface area contributed by atoms with Gasteiger partial charge in [0, 0.05) is 24.2 Å². The second kappa shape index (κ2) is 6.01. The second-order valence-corrected chi connectivity index (χ2v) is 7.36. The summed E-state index contributed by atoms with van der Waals surface area (Å²) in [6.45, 7) is 7.13. The molecule has 0 radical (unpaired) electrons. The zero-order chi connectivity index (χ0) is 15.6. The molecule has 1 aliphatic rings. The van der Waals surface area contributed by atoms with Gasteiger partial charge in [-0.3, -0.25) is 10.1 Å². The largest absolute Gasteiger partial charge is 0.481 e. The third kappa shape index (κ3) is 3.93. The molecule has 7 heteroatoms. The number of carboxylic acids is 1. The van der Waals surface area contributed by atoms with E-state index in [0.29, 0.717) is 18.1 Å². The van der Waals surface area contributed by atoms with E-state index in [2.05, 4.69) is 31.1 Å². The van der Waals surface area contributed by atoms with Crippen LogP contribution in [-0.4, -0.2) is 40.1 Å². The molecule has 1 aliphatic heterocycles. The molecule has 116 valence electrons. The predicted molar refractivity (Wildman–Crippen MR) is 81.8 cm³/mol. The first kappa shape index (κ1) is 15.8. The average molecular weight is 311 g/mol. The molecule has 1 aromatic heterocycles. The van der Waals surface area contributed by atoms with Crippen molar-refractivity contribution in [2.45, 2.75) is 39.0 Å². The standard InChI is InChI=1S/C14H21N3O3S/c1-14(2,3)10-7-15-12(21-10)16-13(20)17-6-4-5-9(8-17)11(18)19/h7,9H,4-6,8H2,1-3H3,(H,18,19)(H,15,16,20). The van der Waals surface area contributed by atoms with Crippen LogP contribution in [0.3, 0.4) is 0 Å². The van der Waals surface area contributed by atoms with Gasteiger partial charge in [0.15, 0.2) is 5.13 Å². The van der Waals surface area contributed by atoms with E-state index >= 15 is 0 Å². The van der Waals surface area contributed by atoms with E-state index in [0.717, 1.165) is 11.3 Å². The Balaban J connectivity index is 1.98. The third-order valence-electron chi connectivity index (χ3n) is 3.52. The molecule has 21 heavy (non-hydrogen) atoms. The Morgan fingerprint density at radius 1 is 1.48 bits per heavy atom. The van der Waals surface area contributed by atoms with E-state index in [9.17, 15) is 9.59 Å². The van der Waals surface area contributed by atoms with Crippen LogP contribution in [0.15, 0.2) is 6.20 Å². The molecule has 2 rings (SSSR count). The normalized spacial score (nSPS) is 19.4. The van der Waals surface area contributed by atoms with E-state index in [-0.39, 0.29) is 18.0 Å². The lowest BCUT2D eigenvalue weighted by atomic mass is 9.96. The maximum atomic E-state index is 12.2. The molecule has 2 N–H and O–H groups in total. The number of urea groups is 1. The summed E-state index contributed by atoms with van der Waals surface area (Å²) >= 11 is 1.45. The van der Waals surface area contributed by atoms with Crippen molar-refractivity contribution in [3.8, 4) is 0 Å². The second-order valence-electron chi connectivity index (χ2n) is 6.33. The van der Waals surface area contributed by atoms with Gasteiger partial charge in [-0.1, -0.05) is 20.8 Å². The molecule has 0 aliphatic carbocycles. The molecule has 1 fully saturated rings. The smallest absolute Gasteiger partial charge is 0.323 e. The van der Waals surface area contributed by atoms with Crippen molar-refractivity contribution in [3.63, 3.8) is 0 Å². The summed E-state index contributed by atoms with van der Waals surface area (Å²) in [5, 5.41) is 12.4. The Morgan fingerprint density at radius 2 is 2.19 bits per heavy atom. The van der Waals surface area contributed by atoms with Crippen LogP contribution in [0.1, 0.15) is 38.5 Å². The number of carbonyl (C=O) groups excluding carboxylic acids is 1. The summed E-state index contributed by atoms with van der Waals surface area (Å²) in [5.41, 5.74) is 0.000170. The van der Waals surface area contributed by atoms with Crippen molar-refractivity contribution in [2.24, 2.45) is 5.92 Å². The van der Waals surface area contributed by atoms with Gasteiger partial charge in [0.1, 0.15) is 0 Å². The lowest BCUT2D eigenvalue weighted by molar-refractivity contribution is -0.143. The van der Waals surface area contributed by atoms with Crippen molar-refractivity contribution < 1.29 is 14.7 Å². The number of carboxylic acid groups (broad SMARTS) is 1. The molecule has 6 nitrogen and oxygen atoms in total. The van der Waals surface area contributed by atoms with Crippen LogP contribution < -0.4 is 5.32 Å². The zero-order valence-electron chi connectivity index (χ0n) is 12.5. The first-order valence-electron chi connectivity index (χ1n) is 7.02. The van der Waals surface area contributed by atoms with Crippen molar-refractivity contribution in [1.82, 2.24) is 9.88 Å². The number of piperidine rings is 1. The Morgan fingerprint density at radius 3 is 2.76 bits per heavy atom. The van der Waals surface area contributed by atoms with E-state index < -0.39 is 11.9 Å². The molecule has 0 bridgehead atoms. The minimum atomic E-state index is -0.836. The van der Waals surface area contributed by atoms with E-state index in [1.54, 1.807) is 11.1 Å². The molecular weight excluding hydrogens is 290 g/mol. The molecular formula is C14H21N3O3S. The fraction of sp³-hybridized carbons (Fsp3) is 0.643. The lowest BCUT2D eigenvalue weighted by Gasteiger charge is -2.30. The highest BCUT2D eigenvalue weighted by Gasteiger charge is 2.28. The lowest BCUT2D eigenvalue weighted by Crippen LogP contribution is -2.44. The van der Waals surface area contributed by atoms with Crippen LogP contribution in [-0.2, 0) is 10.2 Å². The highest BCUT2D eigenvalue weighted by molar-refractivity contribution is 7.15. The number of amides is 2. The molecule has 2 heterocycles. The first-order chi connectivity index (χ1) is 9.77. The maximum Gasteiger partial charge on any atom is 0.323 e. The number of nitrogens with zero attached hydrogens (tertiary/aromatic N) is 2. The number of nitrogens with one attached hydrogen (secondary N) is 1. The van der Waals surface area contributed by atoms with Crippen LogP contribution in [0.2, 0.25) is 0 Å². The number of anilines is 1. The molecule has 1 aromatic rings. The fourth-order valence-corrected chi connectivity index (χ4v) is 3.08. The van der Waals surface area contributed by atoms with Gasteiger partial charge >= 0.3 is 12.0 Å². The van der Waals surface area contributed by atoms with Crippen molar-refractivity contribution in [1.29, 1.82) is 0 Å². The summed E-state index contributed by atoms with van der Waals surface area (Å²) in [7, 11) is 0. The minimum absolute atomic E-state index is 0.000170. The van der Waals surface area contributed by atoms with E-state index in [4.69, 9.17) is 5.11 Å². The van der Waals surface area contributed by atoms with Gasteiger partial charge in [0.2, 0.25) is 0 Å². The molecule has 1 unspecified atom stereocenters. The Hall–Kier alpha value is -1.63. The molecule has 1 saturated heterocycles. The van der Waals surface area contributed by atoms with Crippen LogP contribution in [0.4, 0.5) is 9.93 Å². The molecule has 0 saturated carbocycles. The molecule has 0 spiro atoms. The summed E-state index contributed by atoms with van der Waals surface area (Å²) in [5.74, 6) is -1.30. The third-order valence-corrected chi connectivity index (χ3v) is 4.86. The monoisotopic (exact) mass is 311 g/mol. The van der Waals surface area contributed by atoms with Crippen LogP contribution in [0.5, 0.6) is 0 Å². The van der Waals surface area contributed by atoms with Gasteiger partial charge in [0.25, 0.3) is 0 Å². The number of rotatable bonds is 2. The highest BCUT2D eigenvalue weighted by Crippen LogP contribution is 2.30. The van der Waals surface area contributed by atoms with Gasteiger partial charge in [-0.05, 0) is 18.3 Å². The Kier molecular flexibility index (Phi) is 4.51. The van der Waals surface area contributed by atoms with E-state index in [1.807, 2.05) is 0 Å². The first-order valence-corrected chi connectivity index (χ1v) is 7.84. The molecule has 0 aromatic carbocycles. The summed E-state index contributed by atoms with van der Waals surface area (Å²) in [4.78, 5) is 30.1.